The van der Waals surface area contributed by atoms with Crippen LogP contribution in [0.5, 0.6) is 0 Å². The van der Waals surface area contributed by atoms with Crippen LogP contribution in [0, 0.1) is 0 Å². The zero-order chi connectivity index (χ0) is 14.0. The van der Waals surface area contributed by atoms with E-state index in [0.717, 1.165) is 19.5 Å². The second kappa shape index (κ2) is 5.33. The molecule has 1 aromatic rings. The first-order valence-corrected chi connectivity index (χ1v) is 6.96. The summed E-state index contributed by atoms with van der Waals surface area (Å²) >= 11 is 0. The minimum Gasteiger partial charge on any atom is -0.343 e. The summed E-state index contributed by atoms with van der Waals surface area (Å²) < 4.78 is 0. The molecule has 1 aromatic carbocycles. The molecule has 19 heavy (non-hydrogen) atoms. The second-order valence-corrected chi connectivity index (χ2v) is 6.42. The van der Waals surface area contributed by atoms with Gasteiger partial charge in [-0.1, -0.05) is 45.0 Å². The summed E-state index contributed by atoms with van der Waals surface area (Å²) in [7, 11) is 1.87. The third-order valence-corrected chi connectivity index (χ3v) is 3.77. The summed E-state index contributed by atoms with van der Waals surface area (Å²) in [6.07, 6.45) is 0.771. The first-order chi connectivity index (χ1) is 8.88. The Morgan fingerprint density at radius 2 is 1.89 bits per heavy atom. The fourth-order valence-corrected chi connectivity index (χ4v) is 2.41. The van der Waals surface area contributed by atoms with Crippen molar-refractivity contribution in [1.29, 1.82) is 0 Å². The highest BCUT2D eigenvalue weighted by atomic mass is 16.2. The second-order valence-electron chi connectivity index (χ2n) is 6.42. The third kappa shape index (κ3) is 3.35. The summed E-state index contributed by atoms with van der Waals surface area (Å²) in [4.78, 5) is 13.8. The summed E-state index contributed by atoms with van der Waals surface area (Å²) in [5.74, 6) is 0.200. The normalized spacial score (nSPS) is 20.7. The molecule has 1 saturated heterocycles. The average molecular weight is 260 g/mol. The fraction of sp³-hybridized carbons (Fsp3) is 0.562. The number of amides is 1. The zero-order valence-corrected chi connectivity index (χ0v) is 12.4. The molecule has 0 aliphatic carbocycles. The van der Waals surface area contributed by atoms with Crippen LogP contribution >= 0.6 is 0 Å². The molecule has 0 aromatic heterocycles. The lowest BCUT2D eigenvalue weighted by molar-refractivity contribution is -0.134. The van der Waals surface area contributed by atoms with Crippen molar-refractivity contribution in [1.82, 2.24) is 10.2 Å². The number of rotatable bonds is 2. The van der Waals surface area contributed by atoms with Crippen molar-refractivity contribution in [3.63, 3.8) is 0 Å². The first kappa shape index (κ1) is 14.1. The van der Waals surface area contributed by atoms with E-state index >= 15 is 0 Å². The summed E-state index contributed by atoms with van der Waals surface area (Å²) in [5, 5.41) is 3.30. The molecule has 1 unspecified atom stereocenters. The fourth-order valence-electron chi connectivity index (χ4n) is 2.41. The molecule has 1 atom stereocenters. The van der Waals surface area contributed by atoms with Gasteiger partial charge in [0.05, 0.1) is 6.04 Å². The van der Waals surface area contributed by atoms with Crippen molar-refractivity contribution in [2.75, 3.05) is 20.1 Å². The average Bonchev–Trinajstić information content (AvgIpc) is 2.35. The van der Waals surface area contributed by atoms with Gasteiger partial charge in [-0.2, -0.15) is 0 Å². The van der Waals surface area contributed by atoms with Crippen molar-refractivity contribution in [3.05, 3.63) is 35.4 Å². The Hall–Kier alpha value is -1.35. The van der Waals surface area contributed by atoms with E-state index in [1.54, 1.807) is 0 Å². The molecule has 1 heterocycles. The Morgan fingerprint density at radius 1 is 1.26 bits per heavy atom. The van der Waals surface area contributed by atoms with Gasteiger partial charge in [-0.25, -0.2) is 0 Å². The molecule has 3 heteroatoms. The van der Waals surface area contributed by atoms with Crippen LogP contribution in [0.25, 0.3) is 0 Å². The van der Waals surface area contributed by atoms with Crippen LogP contribution in [0.2, 0.25) is 0 Å². The van der Waals surface area contributed by atoms with E-state index in [1.807, 2.05) is 11.9 Å². The number of benzene rings is 1. The van der Waals surface area contributed by atoms with Gasteiger partial charge in [0.25, 0.3) is 0 Å². The monoisotopic (exact) mass is 260 g/mol. The highest BCUT2D eigenvalue weighted by Gasteiger charge is 2.25. The first-order valence-electron chi connectivity index (χ1n) is 6.96. The predicted octanol–water partition coefficient (Wildman–Crippen LogP) is 1.96. The van der Waals surface area contributed by atoms with E-state index in [-0.39, 0.29) is 17.4 Å². The van der Waals surface area contributed by atoms with E-state index in [1.165, 1.54) is 11.1 Å². The van der Waals surface area contributed by atoms with Crippen molar-refractivity contribution < 1.29 is 4.79 Å². The maximum atomic E-state index is 12.0. The smallest absolute Gasteiger partial charge is 0.239 e. The van der Waals surface area contributed by atoms with Crippen LogP contribution in [0.3, 0.4) is 0 Å². The topological polar surface area (TPSA) is 32.3 Å². The molecule has 2 rings (SSSR count). The van der Waals surface area contributed by atoms with Gasteiger partial charge in [0, 0.05) is 20.1 Å². The van der Waals surface area contributed by atoms with Crippen LogP contribution in [-0.2, 0) is 16.6 Å². The van der Waals surface area contributed by atoms with Crippen LogP contribution < -0.4 is 5.32 Å². The summed E-state index contributed by atoms with van der Waals surface area (Å²) in [5.41, 5.74) is 2.72. The number of nitrogens with zero attached hydrogens (tertiary/aromatic N) is 1. The lowest BCUT2D eigenvalue weighted by Gasteiger charge is -2.30. The minimum atomic E-state index is -0.0702. The van der Waals surface area contributed by atoms with E-state index < -0.39 is 0 Å². The number of nitrogens with one attached hydrogen (secondary N) is 1. The number of likely N-dealkylation sites (N-methyl/N-ethyl adjacent to an activating group) is 1. The minimum absolute atomic E-state index is 0.0702. The number of carbonyl (C=O) groups is 1. The van der Waals surface area contributed by atoms with Gasteiger partial charge in [0.2, 0.25) is 5.91 Å². The summed E-state index contributed by atoms with van der Waals surface area (Å²) in [6.45, 7) is 8.32. The van der Waals surface area contributed by atoms with Gasteiger partial charge in [-0.15, -0.1) is 0 Å². The number of carbonyl (C=O) groups excluding carboxylic acids is 1. The quantitative estimate of drug-likeness (QED) is 0.881. The maximum absolute atomic E-state index is 12.0. The lowest BCUT2D eigenvalue weighted by Crippen LogP contribution is -2.54. The Labute approximate surface area is 116 Å². The molecular weight excluding hydrogens is 236 g/mol. The van der Waals surface area contributed by atoms with Crippen LogP contribution in [-0.4, -0.2) is 37.0 Å². The highest BCUT2D eigenvalue weighted by Crippen LogP contribution is 2.22. The molecule has 104 valence electrons. The van der Waals surface area contributed by atoms with E-state index in [2.05, 4.69) is 50.4 Å². The maximum Gasteiger partial charge on any atom is 0.239 e. The van der Waals surface area contributed by atoms with Gasteiger partial charge < -0.3 is 10.2 Å². The van der Waals surface area contributed by atoms with Gasteiger partial charge in [0.1, 0.15) is 0 Å². The van der Waals surface area contributed by atoms with Gasteiger partial charge in [-0.3, -0.25) is 4.79 Å². The van der Waals surface area contributed by atoms with E-state index in [0.29, 0.717) is 0 Å². The van der Waals surface area contributed by atoms with Crippen LogP contribution in [0.4, 0.5) is 0 Å². The molecule has 3 nitrogen and oxygen atoms in total. The molecule has 1 aliphatic rings. The van der Waals surface area contributed by atoms with Crippen LogP contribution in [0.15, 0.2) is 24.3 Å². The molecule has 0 radical (unpaired) electrons. The predicted molar refractivity (Wildman–Crippen MR) is 78.3 cm³/mol. The molecule has 0 bridgehead atoms. The molecular formula is C16H24N2O. The Morgan fingerprint density at radius 3 is 2.47 bits per heavy atom. The van der Waals surface area contributed by atoms with Crippen molar-refractivity contribution in [2.45, 2.75) is 38.6 Å². The number of hydrogen-bond acceptors (Lipinski definition) is 2. The van der Waals surface area contributed by atoms with Crippen molar-refractivity contribution in [2.24, 2.45) is 0 Å². The Kier molecular flexibility index (Phi) is 3.95. The SMILES string of the molecule is CN1CCNC(Cc2ccc(C(C)(C)C)cc2)C1=O. The number of hydrogen-bond donors (Lipinski definition) is 1. The third-order valence-electron chi connectivity index (χ3n) is 3.77. The molecule has 1 N–H and O–H groups in total. The molecule has 0 saturated carbocycles. The summed E-state index contributed by atoms with van der Waals surface area (Å²) in [6, 6.07) is 8.56. The van der Waals surface area contributed by atoms with Gasteiger partial charge in [0.15, 0.2) is 0 Å². The van der Waals surface area contributed by atoms with Crippen LogP contribution in [0.1, 0.15) is 31.9 Å². The molecule has 1 fully saturated rings. The number of piperazine rings is 1. The molecule has 1 aliphatic heterocycles. The molecule has 1 amide bonds. The van der Waals surface area contributed by atoms with Crippen molar-refractivity contribution in [3.8, 4) is 0 Å². The van der Waals surface area contributed by atoms with E-state index in [4.69, 9.17) is 0 Å². The Balaban J connectivity index is 2.05. The highest BCUT2D eigenvalue weighted by molar-refractivity contribution is 5.82. The zero-order valence-electron chi connectivity index (χ0n) is 12.4. The Bertz CT molecular complexity index is 445. The largest absolute Gasteiger partial charge is 0.343 e. The van der Waals surface area contributed by atoms with Gasteiger partial charge >= 0.3 is 0 Å². The van der Waals surface area contributed by atoms with E-state index in [9.17, 15) is 4.79 Å². The standard InChI is InChI=1S/C16H24N2O/c1-16(2,3)13-7-5-12(6-8-13)11-14-15(19)18(4)10-9-17-14/h5-8,14,17H,9-11H2,1-4H3. The lowest BCUT2D eigenvalue weighted by atomic mass is 9.86. The van der Waals surface area contributed by atoms with Crippen molar-refractivity contribution >= 4 is 5.91 Å². The van der Waals surface area contributed by atoms with Gasteiger partial charge in [-0.05, 0) is 23.0 Å². The molecule has 0 spiro atoms.